The minimum atomic E-state index is -3.77. The van der Waals surface area contributed by atoms with Crippen molar-refractivity contribution in [3.63, 3.8) is 0 Å². The number of amides is 1. The fourth-order valence-corrected chi connectivity index (χ4v) is 3.16. The second kappa shape index (κ2) is 8.59. The summed E-state index contributed by atoms with van der Waals surface area (Å²) in [6.45, 7) is 2.20. The predicted molar refractivity (Wildman–Crippen MR) is 94.9 cm³/mol. The molecule has 0 aliphatic heterocycles. The minimum Gasteiger partial charge on any atom is -0.491 e. The normalized spacial score (nSPS) is 11.3. The number of sulfonamides is 1. The monoisotopic (exact) mass is 363 g/mol. The molecule has 134 valence electrons. The van der Waals surface area contributed by atoms with Gasteiger partial charge in [-0.15, -0.1) is 0 Å². The summed E-state index contributed by atoms with van der Waals surface area (Å²) in [4.78, 5) is 16.1. The first-order valence-electron chi connectivity index (χ1n) is 7.83. The number of rotatable bonds is 8. The van der Waals surface area contributed by atoms with Crippen LogP contribution in [0.4, 0.5) is 5.69 Å². The van der Waals surface area contributed by atoms with Crippen LogP contribution in [-0.4, -0.2) is 43.8 Å². The van der Waals surface area contributed by atoms with E-state index in [1.54, 1.807) is 24.3 Å². The van der Waals surface area contributed by atoms with Crippen molar-refractivity contribution in [2.75, 3.05) is 25.5 Å². The number of likely N-dealkylation sites (N-methyl/N-ethyl adjacent to an activating group) is 1. The van der Waals surface area contributed by atoms with Crippen LogP contribution in [0, 0.1) is 0 Å². The largest absolute Gasteiger partial charge is 0.491 e. The molecule has 0 aliphatic rings. The number of hydrogen-bond donors (Lipinski definition) is 1. The molecular weight excluding hydrogens is 342 g/mol. The van der Waals surface area contributed by atoms with E-state index in [1.807, 2.05) is 6.92 Å². The summed E-state index contributed by atoms with van der Waals surface area (Å²) in [6, 6.07) is 10.00. The number of pyridine rings is 1. The van der Waals surface area contributed by atoms with Crippen LogP contribution < -0.4 is 10.1 Å². The zero-order valence-electron chi connectivity index (χ0n) is 14.2. The number of ether oxygens (including phenoxy) is 1. The first-order valence-corrected chi connectivity index (χ1v) is 9.27. The summed E-state index contributed by atoms with van der Waals surface area (Å²) >= 11 is 0. The molecule has 0 aliphatic carbocycles. The maximum atomic E-state index is 12.4. The molecule has 0 saturated carbocycles. The van der Waals surface area contributed by atoms with Gasteiger partial charge in [0.05, 0.1) is 18.8 Å². The number of aromatic nitrogens is 1. The van der Waals surface area contributed by atoms with E-state index < -0.39 is 15.9 Å². The number of nitrogens with zero attached hydrogens (tertiary/aromatic N) is 2. The third kappa shape index (κ3) is 5.01. The number of para-hydroxylation sites is 2. The molecule has 0 unspecified atom stereocenters. The lowest BCUT2D eigenvalue weighted by Crippen LogP contribution is -2.35. The Labute approximate surface area is 147 Å². The molecule has 0 saturated heterocycles. The molecule has 1 aromatic heterocycles. The molecule has 1 amide bonds. The third-order valence-corrected chi connectivity index (χ3v) is 5.12. The number of carbonyl (C=O) groups excluding carboxylic acids is 1. The Kier molecular flexibility index (Phi) is 6.49. The van der Waals surface area contributed by atoms with E-state index in [0.717, 1.165) is 10.7 Å². The van der Waals surface area contributed by atoms with Crippen LogP contribution >= 0.6 is 0 Å². The Morgan fingerprint density at radius 2 is 2.00 bits per heavy atom. The molecule has 2 rings (SSSR count). The van der Waals surface area contributed by atoms with Crippen molar-refractivity contribution in [2.45, 2.75) is 18.2 Å². The molecule has 1 N–H and O–H groups in total. The molecule has 7 nitrogen and oxygen atoms in total. The number of nitrogens with one attached hydrogen (secondary N) is 1. The summed E-state index contributed by atoms with van der Waals surface area (Å²) < 4.78 is 31.4. The van der Waals surface area contributed by atoms with E-state index in [1.165, 1.54) is 31.6 Å². The highest BCUT2D eigenvalue weighted by atomic mass is 32.2. The van der Waals surface area contributed by atoms with Crippen LogP contribution in [0.1, 0.15) is 13.3 Å². The molecule has 25 heavy (non-hydrogen) atoms. The SMILES string of the molecule is CCCOc1ccccc1NC(=O)CN(C)S(=O)(=O)c1cccnc1. The average Bonchev–Trinajstić information content (AvgIpc) is 2.61. The van der Waals surface area contributed by atoms with Crippen LogP contribution in [0.3, 0.4) is 0 Å². The van der Waals surface area contributed by atoms with Crippen molar-refractivity contribution in [1.29, 1.82) is 0 Å². The van der Waals surface area contributed by atoms with Gasteiger partial charge in [-0.3, -0.25) is 9.78 Å². The smallest absolute Gasteiger partial charge is 0.244 e. The van der Waals surface area contributed by atoms with Crippen molar-refractivity contribution < 1.29 is 17.9 Å². The second-order valence-electron chi connectivity index (χ2n) is 5.34. The first kappa shape index (κ1) is 18.9. The molecule has 2 aromatic rings. The van der Waals surface area contributed by atoms with Crippen molar-refractivity contribution in [2.24, 2.45) is 0 Å². The number of hydrogen-bond acceptors (Lipinski definition) is 5. The van der Waals surface area contributed by atoms with Crippen LogP contribution in [0.5, 0.6) is 5.75 Å². The Bertz CT molecular complexity index is 810. The van der Waals surface area contributed by atoms with E-state index in [4.69, 9.17) is 4.74 Å². The van der Waals surface area contributed by atoms with Gasteiger partial charge >= 0.3 is 0 Å². The van der Waals surface area contributed by atoms with Gasteiger partial charge in [0.2, 0.25) is 15.9 Å². The fraction of sp³-hybridized carbons (Fsp3) is 0.294. The van der Waals surface area contributed by atoms with Crippen LogP contribution in [0.25, 0.3) is 0 Å². The number of carbonyl (C=O) groups is 1. The van der Waals surface area contributed by atoms with Crippen LogP contribution in [-0.2, 0) is 14.8 Å². The summed E-state index contributed by atoms with van der Waals surface area (Å²) in [5.74, 6) is 0.0954. The third-order valence-electron chi connectivity index (χ3n) is 3.33. The van der Waals surface area contributed by atoms with Crippen molar-refractivity contribution in [3.05, 3.63) is 48.8 Å². The zero-order valence-corrected chi connectivity index (χ0v) is 15.0. The molecule has 8 heteroatoms. The Hall–Kier alpha value is -2.45. The Morgan fingerprint density at radius 3 is 2.68 bits per heavy atom. The maximum absolute atomic E-state index is 12.4. The molecular formula is C17H21N3O4S. The summed E-state index contributed by atoms with van der Waals surface area (Å²) in [7, 11) is -2.42. The van der Waals surface area contributed by atoms with Gasteiger partial charge in [0.15, 0.2) is 0 Å². The van der Waals surface area contributed by atoms with E-state index in [9.17, 15) is 13.2 Å². The molecule has 1 aromatic carbocycles. The summed E-state index contributed by atoms with van der Waals surface area (Å²) in [5, 5.41) is 2.69. The van der Waals surface area contributed by atoms with E-state index in [2.05, 4.69) is 10.3 Å². The highest BCUT2D eigenvalue weighted by Gasteiger charge is 2.23. The summed E-state index contributed by atoms with van der Waals surface area (Å²) in [5.41, 5.74) is 0.508. The van der Waals surface area contributed by atoms with Gasteiger partial charge in [0.25, 0.3) is 0 Å². The maximum Gasteiger partial charge on any atom is 0.244 e. The molecule has 0 spiro atoms. The van der Waals surface area contributed by atoms with Gasteiger partial charge in [-0.25, -0.2) is 8.42 Å². The van der Waals surface area contributed by atoms with Gasteiger partial charge in [-0.2, -0.15) is 4.31 Å². The zero-order chi connectivity index (χ0) is 18.3. The lowest BCUT2D eigenvalue weighted by atomic mass is 10.3. The van der Waals surface area contributed by atoms with Gasteiger partial charge < -0.3 is 10.1 Å². The second-order valence-corrected chi connectivity index (χ2v) is 7.39. The van der Waals surface area contributed by atoms with Gasteiger partial charge in [-0.05, 0) is 30.7 Å². The highest BCUT2D eigenvalue weighted by Crippen LogP contribution is 2.24. The topological polar surface area (TPSA) is 88.6 Å². The lowest BCUT2D eigenvalue weighted by molar-refractivity contribution is -0.116. The highest BCUT2D eigenvalue weighted by molar-refractivity contribution is 7.89. The first-order chi connectivity index (χ1) is 11.9. The number of benzene rings is 1. The number of anilines is 1. The van der Waals surface area contributed by atoms with Crippen LogP contribution in [0.2, 0.25) is 0 Å². The fourth-order valence-electron chi connectivity index (χ4n) is 2.06. The molecule has 1 heterocycles. The Balaban J connectivity index is 2.05. The van der Waals surface area contributed by atoms with Crippen molar-refractivity contribution in [1.82, 2.24) is 9.29 Å². The van der Waals surface area contributed by atoms with Crippen molar-refractivity contribution >= 4 is 21.6 Å². The van der Waals surface area contributed by atoms with Gasteiger partial charge in [0.1, 0.15) is 10.6 Å². The standard InChI is InChI=1S/C17H21N3O4S/c1-3-11-24-16-9-5-4-8-15(16)19-17(21)13-20(2)25(22,23)14-7-6-10-18-12-14/h4-10,12H,3,11,13H2,1-2H3,(H,19,21). The van der Waals surface area contributed by atoms with Gasteiger partial charge in [-0.1, -0.05) is 19.1 Å². The Morgan fingerprint density at radius 1 is 1.24 bits per heavy atom. The predicted octanol–water partition coefficient (Wildman–Crippen LogP) is 2.13. The molecule has 0 bridgehead atoms. The van der Waals surface area contributed by atoms with Crippen LogP contribution in [0.15, 0.2) is 53.7 Å². The molecule has 0 atom stereocenters. The molecule has 0 fully saturated rings. The van der Waals surface area contributed by atoms with E-state index in [-0.39, 0.29) is 11.4 Å². The molecule has 0 radical (unpaired) electrons. The van der Waals surface area contributed by atoms with E-state index >= 15 is 0 Å². The quantitative estimate of drug-likeness (QED) is 0.776. The van der Waals surface area contributed by atoms with Gasteiger partial charge in [0, 0.05) is 19.4 Å². The van der Waals surface area contributed by atoms with E-state index in [0.29, 0.717) is 18.0 Å². The van der Waals surface area contributed by atoms with Crippen molar-refractivity contribution in [3.8, 4) is 5.75 Å². The minimum absolute atomic E-state index is 0.0389. The average molecular weight is 363 g/mol. The lowest BCUT2D eigenvalue weighted by Gasteiger charge is -2.17. The summed E-state index contributed by atoms with van der Waals surface area (Å²) in [6.07, 6.45) is 3.57.